The number of aromatic nitrogens is 3. The highest BCUT2D eigenvalue weighted by Crippen LogP contribution is 2.54. The number of aryl methyl sites for hydroxylation is 1. The third kappa shape index (κ3) is 10.3. The molecule has 2 aliphatic rings. The lowest BCUT2D eigenvalue weighted by atomic mass is 9.33. The monoisotopic (exact) mass is 1480 g/mol. The summed E-state index contributed by atoms with van der Waals surface area (Å²) in [6, 6.07) is 131. The molecule has 0 saturated carbocycles. The fourth-order valence-electron chi connectivity index (χ4n) is 19.1. The lowest BCUT2D eigenvalue weighted by Gasteiger charge is -2.45. The summed E-state index contributed by atoms with van der Waals surface area (Å²) in [5, 5.41) is 20.0. The zero-order valence-electron chi connectivity index (χ0n) is 64.5. The van der Waals surface area contributed by atoms with Gasteiger partial charge >= 0.3 is 0 Å². The van der Waals surface area contributed by atoms with E-state index >= 15 is 0 Å². The molecule has 0 spiro atoms. The number of hydrogen-bond donors (Lipinski definition) is 0. The SMILES string of the molecule is Cc1cc(-c2cccc3sc4ccccc4c23)c(-c2cc3c4c(c2)N(c2ccccc2-c2ccccc2)c2cc(-n5c6ccc(C(C)(C)C)cc6c6cc(C(C)(C)C)ccc65)ccc2B4c2ccc(-n4c5ccccc5c5cc(C#N)ccc54)cc2N3c2ccc(-c3ccccc3)cc2)c(-n2c3ccccc3c3ccccc32)c1. The van der Waals surface area contributed by atoms with Crippen LogP contribution in [0.2, 0.25) is 0 Å². The molecule has 6 heterocycles. The zero-order chi connectivity index (χ0) is 76.6. The summed E-state index contributed by atoms with van der Waals surface area (Å²) in [6.45, 7) is 15.9. The van der Waals surface area contributed by atoms with Crippen LogP contribution in [0.15, 0.2) is 340 Å². The number of fused-ring (bicyclic) bond motifs is 16. The van der Waals surface area contributed by atoms with E-state index < -0.39 is 0 Å². The van der Waals surface area contributed by atoms with Crippen molar-refractivity contribution in [3.63, 3.8) is 0 Å². The standard InChI is InChI=1S/C106H77BN6S/c1-65-55-85(80-34-24-40-101-103(80)81-33-18-23-39-100(81)114-101)102(97(56-65)112-90-37-21-15-30-77(90)78-31-16-22-38-91(78)112)70-58-98-104-99(59-70)113(88-35-19-14-29-76(88)69-27-12-9-13-28-69)96-63-75(111-93-53-44-71(105(2,3)4)60-83(93)84-61-72(106(5,6)7)45-54-94(84)111)49-51-87(96)107(104)86-50-48-74(110-89-36-20-17-32-79(89)82-57-66(64-108)41-52-92(82)110)62-95(86)109(98)73-46-42-68(43-47-73)67-25-10-8-11-26-67/h8-63H,1-7H3. The van der Waals surface area contributed by atoms with Crippen LogP contribution < -0.4 is 26.2 Å². The topological polar surface area (TPSA) is 45.1 Å². The average Bonchev–Trinajstić information content (AvgIpc) is 0.787. The van der Waals surface area contributed by atoms with Crippen molar-refractivity contribution in [2.75, 3.05) is 9.80 Å². The van der Waals surface area contributed by atoms with Gasteiger partial charge in [-0.25, -0.2) is 0 Å². The molecule has 8 heteroatoms. The number of anilines is 6. The second-order valence-electron chi connectivity index (χ2n) is 33.2. The van der Waals surface area contributed by atoms with Gasteiger partial charge in [0, 0.05) is 103 Å². The van der Waals surface area contributed by atoms with E-state index in [4.69, 9.17) is 0 Å². The molecule has 0 bridgehead atoms. The Balaban J connectivity index is 0.912. The van der Waals surface area contributed by atoms with Crippen LogP contribution in [0.3, 0.4) is 0 Å². The molecule has 540 valence electrons. The molecule has 114 heavy (non-hydrogen) atoms. The number of para-hydroxylation sites is 4. The molecule has 22 rings (SSSR count). The van der Waals surface area contributed by atoms with Gasteiger partial charge in [-0.2, -0.15) is 5.26 Å². The van der Waals surface area contributed by atoms with Gasteiger partial charge in [-0.3, -0.25) is 0 Å². The fourth-order valence-corrected chi connectivity index (χ4v) is 20.2. The predicted molar refractivity (Wildman–Crippen MR) is 485 cm³/mol. The summed E-state index contributed by atoms with van der Waals surface area (Å²) in [6.07, 6.45) is 0. The lowest BCUT2D eigenvalue weighted by Crippen LogP contribution is -2.61. The highest BCUT2D eigenvalue weighted by atomic mass is 32.1. The van der Waals surface area contributed by atoms with Crippen LogP contribution in [0, 0.1) is 18.3 Å². The van der Waals surface area contributed by atoms with Crippen molar-refractivity contribution in [1.29, 1.82) is 5.26 Å². The molecular formula is C106H77BN6S. The Morgan fingerprint density at radius 2 is 0.781 bits per heavy atom. The molecule has 6 nitrogen and oxygen atoms in total. The van der Waals surface area contributed by atoms with Crippen LogP contribution in [0.5, 0.6) is 0 Å². The number of nitriles is 1. The largest absolute Gasteiger partial charge is 0.311 e. The Bertz CT molecular complexity index is 7350. The summed E-state index contributed by atoms with van der Waals surface area (Å²) in [7, 11) is 0. The van der Waals surface area contributed by atoms with E-state index in [0.29, 0.717) is 5.56 Å². The Labute approximate surface area is 667 Å². The highest BCUT2D eigenvalue weighted by Gasteiger charge is 2.45. The molecule has 2 aliphatic heterocycles. The van der Waals surface area contributed by atoms with Crippen LogP contribution in [0.4, 0.5) is 34.1 Å². The van der Waals surface area contributed by atoms with Gasteiger partial charge in [-0.1, -0.05) is 248 Å². The molecule has 16 aromatic carbocycles. The van der Waals surface area contributed by atoms with E-state index in [1.54, 1.807) is 0 Å². The van der Waals surface area contributed by atoms with Crippen molar-refractivity contribution < 1.29 is 0 Å². The van der Waals surface area contributed by atoms with Crippen molar-refractivity contribution in [2.45, 2.75) is 59.3 Å². The molecule has 0 atom stereocenters. The quantitative estimate of drug-likeness (QED) is 0.135. The minimum Gasteiger partial charge on any atom is -0.311 e. The van der Waals surface area contributed by atoms with Gasteiger partial charge in [-0.15, -0.1) is 11.3 Å². The number of nitrogens with zero attached hydrogens (tertiary/aromatic N) is 6. The van der Waals surface area contributed by atoms with Crippen LogP contribution >= 0.6 is 11.3 Å². The Morgan fingerprint density at radius 3 is 1.39 bits per heavy atom. The molecular weight excluding hydrogens is 1400 g/mol. The second-order valence-corrected chi connectivity index (χ2v) is 34.2. The van der Waals surface area contributed by atoms with Gasteiger partial charge in [0.05, 0.1) is 56.1 Å². The smallest absolute Gasteiger partial charge is 0.252 e. The molecule has 0 saturated heterocycles. The minimum absolute atomic E-state index is 0.0766. The van der Waals surface area contributed by atoms with Gasteiger partial charge < -0.3 is 23.5 Å². The van der Waals surface area contributed by atoms with E-state index in [-0.39, 0.29) is 17.5 Å². The molecule has 0 fully saturated rings. The van der Waals surface area contributed by atoms with Crippen LogP contribution in [-0.4, -0.2) is 20.4 Å². The fraction of sp³-hybridized carbons (Fsp3) is 0.0849. The summed E-state index contributed by atoms with van der Waals surface area (Å²) >= 11 is 1.87. The van der Waals surface area contributed by atoms with E-state index in [1.807, 2.05) is 17.4 Å². The highest BCUT2D eigenvalue weighted by molar-refractivity contribution is 7.26. The zero-order valence-corrected chi connectivity index (χ0v) is 65.3. The van der Waals surface area contributed by atoms with Crippen molar-refractivity contribution in [3.05, 3.63) is 362 Å². The van der Waals surface area contributed by atoms with Crippen molar-refractivity contribution in [1.82, 2.24) is 13.7 Å². The molecule has 20 aromatic rings. The maximum Gasteiger partial charge on any atom is 0.252 e. The number of benzene rings is 16. The van der Waals surface area contributed by atoms with E-state index in [9.17, 15) is 5.26 Å². The van der Waals surface area contributed by atoms with Gasteiger partial charge in [0.25, 0.3) is 6.71 Å². The van der Waals surface area contributed by atoms with Crippen molar-refractivity contribution in [2.24, 2.45) is 0 Å². The Kier molecular flexibility index (Phi) is 15.0. The number of hydrogen-bond acceptors (Lipinski definition) is 4. The van der Waals surface area contributed by atoms with Crippen LogP contribution in [0.25, 0.3) is 147 Å². The van der Waals surface area contributed by atoms with E-state index in [1.165, 1.54) is 74.8 Å². The second kappa shape index (κ2) is 25.4. The van der Waals surface area contributed by atoms with Gasteiger partial charge in [0.15, 0.2) is 0 Å². The summed E-state index contributed by atoms with van der Waals surface area (Å²) in [4.78, 5) is 5.26. The van der Waals surface area contributed by atoms with Crippen molar-refractivity contribution >= 4 is 154 Å². The van der Waals surface area contributed by atoms with Crippen molar-refractivity contribution in [3.8, 4) is 67.6 Å². The first kappa shape index (κ1) is 67.2. The van der Waals surface area contributed by atoms with Crippen LogP contribution in [0.1, 0.15) is 63.8 Å². The van der Waals surface area contributed by atoms with Crippen LogP contribution in [-0.2, 0) is 10.8 Å². The van der Waals surface area contributed by atoms with Gasteiger partial charge in [0.2, 0.25) is 0 Å². The predicted octanol–water partition coefficient (Wildman–Crippen LogP) is 26.9. The summed E-state index contributed by atoms with van der Waals surface area (Å²) in [5.41, 5.74) is 33.2. The maximum atomic E-state index is 10.5. The first-order chi connectivity index (χ1) is 55.7. The summed E-state index contributed by atoms with van der Waals surface area (Å²) < 4.78 is 10.0. The number of rotatable bonds is 9. The minimum atomic E-state index is -0.296. The lowest BCUT2D eigenvalue weighted by molar-refractivity contribution is 0.590. The molecule has 0 N–H and O–H groups in total. The Hall–Kier alpha value is -13.7. The molecule has 0 amide bonds. The maximum absolute atomic E-state index is 10.5. The number of thiophene rings is 1. The van der Waals surface area contributed by atoms with E-state index in [2.05, 4.69) is 412 Å². The van der Waals surface area contributed by atoms with Gasteiger partial charge in [-0.05, 0) is 218 Å². The summed E-state index contributed by atoms with van der Waals surface area (Å²) in [5.74, 6) is 0. The molecule has 0 radical (unpaired) electrons. The molecule has 0 aliphatic carbocycles. The normalized spacial score (nSPS) is 12.8. The molecule has 0 unspecified atom stereocenters. The molecule has 4 aromatic heterocycles. The van der Waals surface area contributed by atoms with Gasteiger partial charge in [0.1, 0.15) is 0 Å². The van der Waals surface area contributed by atoms with E-state index in [0.717, 1.165) is 140 Å². The third-order valence-corrected chi connectivity index (χ3v) is 25.5. The first-order valence-corrected chi connectivity index (χ1v) is 40.4. The Morgan fingerprint density at radius 1 is 0.307 bits per heavy atom. The third-order valence-electron chi connectivity index (χ3n) is 24.4. The first-order valence-electron chi connectivity index (χ1n) is 39.6. The average molecular weight is 1480 g/mol.